The van der Waals surface area contributed by atoms with Crippen molar-refractivity contribution in [2.75, 3.05) is 26.4 Å². The van der Waals surface area contributed by atoms with Crippen LogP contribution in [-0.4, -0.2) is 71.3 Å². The first-order chi connectivity index (χ1) is 13.7. The van der Waals surface area contributed by atoms with Crippen molar-refractivity contribution in [2.45, 2.75) is 90.6 Å². The van der Waals surface area contributed by atoms with Crippen LogP contribution in [0.4, 0.5) is 0 Å². The summed E-state index contributed by atoms with van der Waals surface area (Å²) in [6.45, 7) is 9.28. The third-order valence-electron chi connectivity index (χ3n) is 7.71. The third kappa shape index (κ3) is 6.88. The average molecular weight is 417 g/mol. The van der Waals surface area contributed by atoms with E-state index in [1.165, 1.54) is 0 Å². The maximum atomic E-state index is 9.54. The van der Waals surface area contributed by atoms with Crippen LogP contribution in [0.1, 0.15) is 66.2 Å². The summed E-state index contributed by atoms with van der Waals surface area (Å²) < 4.78 is 11.8. The van der Waals surface area contributed by atoms with Gasteiger partial charge in [-0.2, -0.15) is 0 Å². The Bertz CT molecular complexity index is 430. The largest absolute Gasteiger partial charge is 0.394 e. The van der Waals surface area contributed by atoms with Gasteiger partial charge in [0, 0.05) is 0 Å². The predicted octanol–water partition coefficient (Wildman–Crippen LogP) is 2.36. The maximum Gasteiger partial charge on any atom is 0.100 e. The highest BCUT2D eigenvalue weighted by molar-refractivity contribution is 4.94. The van der Waals surface area contributed by atoms with Crippen molar-refractivity contribution in [1.29, 1.82) is 0 Å². The highest BCUT2D eigenvalue weighted by Gasteiger charge is 2.44. The standard InChI is InChI=1S/C23H44O6/c1-15-9-17(5-7-21(15)28-13-19(26)11-24)23(3,4)18-6-8-22(16(2)10-18)29-14-20(27)12-25/h15-22,24-27H,5-14H2,1-4H3. The van der Waals surface area contributed by atoms with Gasteiger partial charge in [-0.1, -0.05) is 27.7 Å². The number of hydrogen-bond acceptors (Lipinski definition) is 6. The van der Waals surface area contributed by atoms with Crippen molar-refractivity contribution in [1.82, 2.24) is 0 Å². The van der Waals surface area contributed by atoms with E-state index in [9.17, 15) is 10.2 Å². The molecule has 2 saturated carbocycles. The van der Waals surface area contributed by atoms with Gasteiger partial charge in [0.15, 0.2) is 0 Å². The van der Waals surface area contributed by atoms with Crippen LogP contribution in [0.5, 0.6) is 0 Å². The minimum atomic E-state index is -0.784. The van der Waals surface area contributed by atoms with E-state index >= 15 is 0 Å². The highest BCUT2D eigenvalue weighted by atomic mass is 16.5. The van der Waals surface area contributed by atoms with Gasteiger partial charge in [-0.05, 0) is 67.6 Å². The first kappa shape index (κ1) is 25.0. The molecule has 0 aliphatic heterocycles. The molecule has 2 aliphatic carbocycles. The van der Waals surface area contributed by atoms with Gasteiger partial charge in [0.1, 0.15) is 12.2 Å². The van der Waals surface area contributed by atoms with Crippen LogP contribution in [0.3, 0.4) is 0 Å². The Morgan fingerprint density at radius 1 is 0.759 bits per heavy atom. The molecule has 8 atom stereocenters. The van der Waals surface area contributed by atoms with Crippen LogP contribution in [0.2, 0.25) is 0 Å². The zero-order valence-electron chi connectivity index (χ0n) is 18.8. The van der Waals surface area contributed by atoms with Gasteiger partial charge in [-0.3, -0.25) is 0 Å². The number of aliphatic hydroxyl groups excluding tert-OH is 4. The molecule has 4 N–H and O–H groups in total. The molecule has 2 fully saturated rings. The van der Waals surface area contributed by atoms with Gasteiger partial charge < -0.3 is 29.9 Å². The summed E-state index contributed by atoms with van der Waals surface area (Å²) in [5.41, 5.74) is 0.258. The number of hydrogen-bond donors (Lipinski definition) is 4. The zero-order chi connectivity index (χ0) is 21.6. The molecular formula is C23H44O6. The van der Waals surface area contributed by atoms with Gasteiger partial charge in [0.05, 0.1) is 38.6 Å². The molecule has 0 aromatic heterocycles. The fourth-order valence-corrected chi connectivity index (χ4v) is 5.49. The van der Waals surface area contributed by atoms with Crippen LogP contribution >= 0.6 is 0 Å². The van der Waals surface area contributed by atoms with Gasteiger partial charge in [-0.15, -0.1) is 0 Å². The number of ether oxygens (including phenoxy) is 2. The van der Waals surface area contributed by atoms with Crippen molar-refractivity contribution in [3.05, 3.63) is 0 Å². The van der Waals surface area contributed by atoms with E-state index < -0.39 is 12.2 Å². The minimum absolute atomic E-state index is 0.171. The summed E-state index contributed by atoms with van der Waals surface area (Å²) >= 11 is 0. The highest BCUT2D eigenvalue weighted by Crippen LogP contribution is 2.50. The SMILES string of the molecule is CC1CC(C(C)(C)C2CCC(OCC(O)CO)C(C)C2)CCC1OCC(O)CO. The molecule has 172 valence electrons. The van der Waals surface area contributed by atoms with Crippen LogP contribution in [-0.2, 0) is 9.47 Å². The minimum Gasteiger partial charge on any atom is -0.394 e. The fraction of sp³-hybridized carbons (Fsp3) is 1.00. The summed E-state index contributed by atoms with van der Waals surface area (Å²) in [5, 5.41) is 37.0. The second kappa shape index (κ2) is 11.4. The lowest BCUT2D eigenvalue weighted by Gasteiger charge is -2.49. The molecule has 2 rings (SSSR count). The first-order valence-electron chi connectivity index (χ1n) is 11.5. The molecule has 0 spiro atoms. The van der Waals surface area contributed by atoms with Crippen molar-refractivity contribution in [3.8, 4) is 0 Å². The van der Waals surface area contributed by atoms with Gasteiger partial charge >= 0.3 is 0 Å². The Kier molecular flexibility index (Phi) is 9.84. The summed E-state index contributed by atoms with van der Waals surface area (Å²) in [4.78, 5) is 0. The lowest BCUT2D eigenvalue weighted by molar-refractivity contribution is -0.0936. The Morgan fingerprint density at radius 3 is 1.45 bits per heavy atom. The molecule has 0 aromatic rings. The molecule has 0 amide bonds. The van der Waals surface area contributed by atoms with Gasteiger partial charge in [0.2, 0.25) is 0 Å². The van der Waals surface area contributed by atoms with Crippen LogP contribution < -0.4 is 0 Å². The molecule has 6 nitrogen and oxygen atoms in total. The Balaban J connectivity index is 1.85. The molecule has 8 unspecified atom stereocenters. The van der Waals surface area contributed by atoms with E-state index in [2.05, 4.69) is 27.7 Å². The monoisotopic (exact) mass is 416 g/mol. The average Bonchev–Trinajstić information content (AvgIpc) is 2.71. The predicted molar refractivity (Wildman–Crippen MR) is 112 cm³/mol. The van der Waals surface area contributed by atoms with Crippen molar-refractivity contribution >= 4 is 0 Å². The molecule has 6 heteroatoms. The molecule has 2 aliphatic rings. The summed E-state index contributed by atoms with van der Waals surface area (Å²) in [6, 6.07) is 0. The topological polar surface area (TPSA) is 99.4 Å². The van der Waals surface area contributed by atoms with E-state index in [4.69, 9.17) is 19.7 Å². The summed E-state index contributed by atoms with van der Waals surface area (Å²) in [6.07, 6.45) is 5.37. The Hall–Kier alpha value is -0.240. The van der Waals surface area contributed by atoms with Crippen molar-refractivity contribution in [2.24, 2.45) is 29.1 Å². The van der Waals surface area contributed by atoms with Gasteiger partial charge in [-0.25, -0.2) is 0 Å². The maximum absolute atomic E-state index is 9.54. The van der Waals surface area contributed by atoms with Crippen molar-refractivity contribution in [3.63, 3.8) is 0 Å². The lowest BCUT2D eigenvalue weighted by atomic mass is 9.58. The quantitative estimate of drug-likeness (QED) is 0.436. The Labute approximate surface area is 176 Å². The van der Waals surface area contributed by atoms with Crippen LogP contribution in [0, 0.1) is 29.1 Å². The fourth-order valence-electron chi connectivity index (χ4n) is 5.49. The number of rotatable bonds is 10. The third-order valence-corrected chi connectivity index (χ3v) is 7.71. The molecule has 0 radical (unpaired) electrons. The van der Waals surface area contributed by atoms with E-state index in [0.717, 1.165) is 38.5 Å². The molecule has 0 heterocycles. The summed E-state index contributed by atoms with van der Waals surface area (Å²) in [5.74, 6) is 2.23. The van der Waals surface area contributed by atoms with E-state index in [-0.39, 0.29) is 44.1 Å². The van der Waals surface area contributed by atoms with Crippen LogP contribution in [0.25, 0.3) is 0 Å². The molecule has 0 aromatic carbocycles. The molecular weight excluding hydrogens is 372 g/mol. The first-order valence-corrected chi connectivity index (χ1v) is 11.5. The second-order valence-electron chi connectivity index (χ2n) is 10.2. The van der Waals surface area contributed by atoms with Crippen LogP contribution in [0.15, 0.2) is 0 Å². The number of aliphatic hydroxyl groups is 4. The molecule has 29 heavy (non-hydrogen) atoms. The van der Waals surface area contributed by atoms with E-state index in [1.807, 2.05) is 0 Å². The summed E-state index contributed by atoms with van der Waals surface area (Å²) in [7, 11) is 0. The normalized spacial score (nSPS) is 36.0. The smallest absolute Gasteiger partial charge is 0.100 e. The van der Waals surface area contributed by atoms with Crippen molar-refractivity contribution < 1.29 is 29.9 Å². The van der Waals surface area contributed by atoms with E-state index in [0.29, 0.717) is 23.7 Å². The van der Waals surface area contributed by atoms with E-state index in [1.54, 1.807) is 0 Å². The second-order valence-corrected chi connectivity index (χ2v) is 10.2. The molecule has 0 saturated heterocycles. The van der Waals surface area contributed by atoms with Gasteiger partial charge in [0.25, 0.3) is 0 Å². The zero-order valence-corrected chi connectivity index (χ0v) is 18.8. The Morgan fingerprint density at radius 2 is 1.14 bits per heavy atom. The molecule has 0 bridgehead atoms. The lowest BCUT2D eigenvalue weighted by Crippen LogP contribution is -2.43.